The molecule has 0 radical (unpaired) electrons. The lowest BCUT2D eigenvalue weighted by Gasteiger charge is -2.29. The number of esters is 4. The summed E-state index contributed by atoms with van der Waals surface area (Å²) in [5.41, 5.74) is -0.845. The van der Waals surface area contributed by atoms with Gasteiger partial charge in [-0.1, -0.05) is 58.0 Å². The van der Waals surface area contributed by atoms with Crippen LogP contribution in [0.2, 0.25) is 0 Å². The maximum atomic E-state index is 12.5. The zero-order chi connectivity index (χ0) is 32.5. The van der Waals surface area contributed by atoms with E-state index >= 15 is 0 Å². The second kappa shape index (κ2) is 18.9. The fraction of sp³-hybridized carbons (Fsp3) is 0.500. The molecule has 44 heavy (non-hydrogen) atoms. The average molecular weight is 619 g/mol. The minimum absolute atomic E-state index is 0.0231. The van der Waals surface area contributed by atoms with Gasteiger partial charge in [0.05, 0.1) is 32.0 Å². The molecule has 1 N–H and O–H groups in total. The maximum Gasteiger partial charge on any atom is 0.349 e. The molecule has 2 aromatic carbocycles. The molecule has 12 nitrogen and oxygen atoms in total. The van der Waals surface area contributed by atoms with Crippen molar-refractivity contribution < 1.29 is 57.4 Å². The second-order valence-electron chi connectivity index (χ2n) is 10.6. The van der Waals surface area contributed by atoms with E-state index in [1.54, 1.807) is 31.2 Å². The van der Waals surface area contributed by atoms with E-state index in [0.717, 1.165) is 0 Å². The zero-order valence-electron chi connectivity index (χ0n) is 25.9. The summed E-state index contributed by atoms with van der Waals surface area (Å²) < 4.78 is 36.3. The van der Waals surface area contributed by atoms with Gasteiger partial charge in [-0.25, -0.2) is 19.2 Å². The molecule has 0 aliphatic heterocycles. The largest absolute Gasteiger partial charge is 0.424 e. The monoisotopic (exact) mass is 618 g/mol. The van der Waals surface area contributed by atoms with Crippen LogP contribution in [0, 0.1) is 11.8 Å². The molecule has 0 bridgehead atoms. The molecule has 1 atom stereocenters. The van der Waals surface area contributed by atoms with Gasteiger partial charge >= 0.3 is 23.9 Å². The van der Waals surface area contributed by atoms with Gasteiger partial charge in [-0.3, -0.25) is 0 Å². The van der Waals surface area contributed by atoms with Crippen LogP contribution in [-0.4, -0.2) is 81.8 Å². The number of aliphatic hydroxyl groups is 1. The third-order valence-corrected chi connectivity index (χ3v) is 6.17. The molecule has 0 aliphatic rings. The molecule has 0 aromatic heterocycles. The Morgan fingerprint density at radius 2 is 1.16 bits per heavy atom. The van der Waals surface area contributed by atoms with Gasteiger partial charge in [-0.05, 0) is 37.0 Å². The predicted molar refractivity (Wildman–Crippen MR) is 157 cm³/mol. The highest BCUT2D eigenvalue weighted by Gasteiger charge is 2.31. The van der Waals surface area contributed by atoms with E-state index in [2.05, 4.69) is 0 Å². The summed E-state index contributed by atoms with van der Waals surface area (Å²) in [5, 5.41) is 10.8. The van der Waals surface area contributed by atoms with Gasteiger partial charge in [0.15, 0.2) is 0 Å². The van der Waals surface area contributed by atoms with Crippen LogP contribution in [0.3, 0.4) is 0 Å². The van der Waals surface area contributed by atoms with Crippen LogP contribution in [0.1, 0.15) is 50.5 Å². The maximum absolute atomic E-state index is 12.5. The molecule has 0 spiro atoms. The molecule has 2 aromatic rings. The fourth-order valence-corrected chi connectivity index (χ4v) is 3.52. The predicted octanol–water partition coefficient (Wildman–Crippen LogP) is 3.47. The van der Waals surface area contributed by atoms with E-state index in [1.165, 1.54) is 24.3 Å². The van der Waals surface area contributed by atoms with E-state index in [0.29, 0.717) is 24.7 Å². The third kappa shape index (κ3) is 12.9. The van der Waals surface area contributed by atoms with Crippen LogP contribution in [0.25, 0.3) is 0 Å². The Bertz CT molecular complexity index is 1220. The quantitative estimate of drug-likeness (QED) is 0.106. The topological polar surface area (TPSA) is 153 Å². The molecule has 0 saturated carbocycles. The normalized spacial score (nSPS) is 12.5. The van der Waals surface area contributed by atoms with Gasteiger partial charge in [0, 0.05) is 12.2 Å². The number of para-hydroxylation sites is 2. The minimum atomic E-state index is -1.20. The van der Waals surface area contributed by atoms with Crippen LogP contribution < -0.4 is 9.47 Å². The summed E-state index contributed by atoms with van der Waals surface area (Å²) in [6.07, 6.45) is 0. The Morgan fingerprint density at radius 3 is 1.73 bits per heavy atom. The highest BCUT2D eigenvalue weighted by Crippen LogP contribution is 2.35. The lowest BCUT2D eigenvalue weighted by Crippen LogP contribution is -2.29. The van der Waals surface area contributed by atoms with Gasteiger partial charge in [-0.2, -0.15) is 0 Å². The van der Waals surface area contributed by atoms with E-state index in [1.807, 2.05) is 27.7 Å². The fourth-order valence-electron chi connectivity index (χ4n) is 3.52. The number of hydrogen-bond donors (Lipinski definition) is 1. The molecule has 12 heteroatoms. The Labute approximate surface area is 257 Å². The number of benzene rings is 2. The lowest BCUT2D eigenvalue weighted by atomic mass is 9.85. The highest BCUT2D eigenvalue weighted by molar-refractivity contribution is 5.99. The highest BCUT2D eigenvalue weighted by atomic mass is 16.6. The number of ether oxygens (including phenoxy) is 7. The molecule has 0 aliphatic carbocycles. The summed E-state index contributed by atoms with van der Waals surface area (Å²) >= 11 is 0. The van der Waals surface area contributed by atoms with Crippen molar-refractivity contribution in [3.63, 3.8) is 0 Å². The second-order valence-corrected chi connectivity index (χ2v) is 10.6. The van der Waals surface area contributed by atoms with Crippen molar-refractivity contribution in [2.24, 2.45) is 11.8 Å². The molecule has 2 rings (SSSR count). The first kappa shape index (κ1) is 36.5. The van der Waals surface area contributed by atoms with Gasteiger partial charge in [0.25, 0.3) is 0 Å². The molecular formula is C32H42O12. The minimum Gasteiger partial charge on any atom is -0.424 e. The molecule has 0 saturated heterocycles. The smallest absolute Gasteiger partial charge is 0.349 e. The SMILES string of the molecule is CC(C)COCCOCC(=O)OC(=O)c1ccccc1OC(=O)COCCOCC(=O)Oc1ccccc1C(C)(O)C(C)C. The Kier molecular flexibility index (Phi) is 15.7. The Morgan fingerprint density at radius 1 is 0.682 bits per heavy atom. The summed E-state index contributed by atoms with van der Waals surface area (Å²) in [7, 11) is 0. The van der Waals surface area contributed by atoms with Crippen LogP contribution in [-0.2, 0) is 43.7 Å². The average Bonchev–Trinajstić information content (AvgIpc) is 2.96. The Balaban J connectivity index is 1.70. The summed E-state index contributed by atoms with van der Waals surface area (Å²) in [6, 6.07) is 12.5. The summed E-state index contributed by atoms with van der Waals surface area (Å²) in [4.78, 5) is 48.9. The van der Waals surface area contributed by atoms with E-state index in [9.17, 15) is 24.3 Å². The van der Waals surface area contributed by atoms with Crippen LogP contribution in [0.4, 0.5) is 0 Å². The van der Waals surface area contributed by atoms with Crippen LogP contribution >= 0.6 is 0 Å². The first-order chi connectivity index (χ1) is 20.9. The first-order valence-electron chi connectivity index (χ1n) is 14.3. The van der Waals surface area contributed by atoms with Crippen molar-refractivity contribution in [3.8, 4) is 11.5 Å². The van der Waals surface area contributed by atoms with Gasteiger partial charge in [0.1, 0.15) is 36.9 Å². The van der Waals surface area contributed by atoms with Gasteiger partial charge < -0.3 is 38.3 Å². The zero-order valence-corrected chi connectivity index (χ0v) is 25.9. The number of carbonyl (C=O) groups excluding carboxylic acids is 4. The molecule has 1 unspecified atom stereocenters. The first-order valence-corrected chi connectivity index (χ1v) is 14.3. The van der Waals surface area contributed by atoms with E-state index in [-0.39, 0.29) is 49.4 Å². The van der Waals surface area contributed by atoms with Crippen molar-refractivity contribution in [2.75, 3.05) is 52.9 Å². The van der Waals surface area contributed by atoms with Crippen molar-refractivity contribution in [3.05, 3.63) is 59.7 Å². The standard InChI is InChI=1S/C32H42O12/c1-22(2)18-38-14-15-41-21-30(35)44-31(36)24-10-6-8-12-26(24)42-28(33)19-39-16-17-40-20-29(34)43-27-13-9-7-11-25(27)32(5,37)23(3)4/h6-13,22-23,37H,14-21H2,1-5H3. The van der Waals surface area contributed by atoms with Crippen molar-refractivity contribution in [1.29, 1.82) is 0 Å². The molecular weight excluding hydrogens is 576 g/mol. The van der Waals surface area contributed by atoms with E-state index in [4.69, 9.17) is 33.2 Å². The lowest BCUT2D eigenvalue weighted by molar-refractivity contribution is -0.144. The van der Waals surface area contributed by atoms with E-state index < -0.39 is 42.7 Å². The van der Waals surface area contributed by atoms with Crippen molar-refractivity contribution in [1.82, 2.24) is 0 Å². The van der Waals surface area contributed by atoms with Gasteiger partial charge in [-0.15, -0.1) is 0 Å². The number of rotatable bonds is 19. The number of hydrogen-bond acceptors (Lipinski definition) is 12. The molecule has 0 heterocycles. The third-order valence-electron chi connectivity index (χ3n) is 6.17. The molecule has 242 valence electrons. The Hall–Kier alpha value is -3.68. The summed E-state index contributed by atoms with van der Waals surface area (Å²) in [5.74, 6) is -3.01. The van der Waals surface area contributed by atoms with Crippen molar-refractivity contribution >= 4 is 23.9 Å². The van der Waals surface area contributed by atoms with Gasteiger partial charge in [0.2, 0.25) is 0 Å². The van der Waals surface area contributed by atoms with Crippen LogP contribution in [0.5, 0.6) is 11.5 Å². The molecule has 0 amide bonds. The van der Waals surface area contributed by atoms with Crippen molar-refractivity contribution in [2.45, 2.75) is 40.2 Å². The number of carbonyl (C=O) groups is 4. The summed E-state index contributed by atoms with van der Waals surface area (Å²) in [6.45, 7) is 9.06. The molecule has 0 fully saturated rings. The van der Waals surface area contributed by atoms with Crippen LogP contribution in [0.15, 0.2) is 48.5 Å².